The molecule has 0 radical (unpaired) electrons. The van der Waals surface area contributed by atoms with Gasteiger partial charge in [-0.25, -0.2) is 0 Å². The van der Waals surface area contributed by atoms with Crippen LogP contribution in [-0.4, -0.2) is 11.7 Å². The average molecular weight is 409 g/mol. The molecule has 3 aromatic rings. The van der Waals surface area contributed by atoms with Crippen molar-refractivity contribution in [3.05, 3.63) is 108 Å². The summed E-state index contributed by atoms with van der Waals surface area (Å²) in [6, 6.07) is 31.5. The number of nitrogens with one attached hydrogen (secondary N) is 1. The molecule has 0 aromatic heterocycles. The summed E-state index contributed by atoms with van der Waals surface area (Å²) in [5, 5.41) is 19.5. The third kappa shape index (κ3) is 3.64. The van der Waals surface area contributed by atoms with E-state index in [1.807, 2.05) is 91.0 Å². The first kappa shape index (κ1) is 20.6. The van der Waals surface area contributed by atoms with E-state index in [4.69, 9.17) is 10.1 Å². The molecule has 1 fully saturated rings. The van der Waals surface area contributed by atoms with Crippen LogP contribution in [-0.2, 0) is 9.53 Å². The minimum Gasteiger partial charge on any atom is -0.471 e. The number of nitrogens with zero attached hydrogens (tertiary/aromatic N) is 1. The van der Waals surface area contributed by atoms with Gasteiger partial charge < -0.3 is 9.53 Å². The molecule has 4 rings (SSSR count). The van der Waals surface area contributed by atoms with Gasteiger partial charge in [-0.15, -0.1) is 0 Å². The zero-order valence-corrected chi connectivity index (χ0v) is 17.4. The molecule has 4 heteroatoms. The Morgan fingerprint density at radius 2 is 1.48 bits per heavy atom. The van der Waals surface area contributed by atoms with Gasteiger partial charge in [0.25, 0.3) is 0 Å². The summed E-state index contributed by atoms with van der Waals surface area (Å²) < 4.78 is 6.15. The lowest BCUT2D eigenvalue weighted by molar-refractivity contribution is -0.117. The summed E-state index contributed by atoms with van der Waals surface area (Å²) in [5.74, 6) is -1.03. The van der Waals surface area contributed by atoms with Gasteiger partial charge in [0.15, 0.2) is 5.41 Å². The monoisotopic (exact) mass is 408 g/mol. The van der Waals surface area contributed by atoms with E-state index in [1.165, 1.54) is 6.92 Å². The molecule has 4 atom stereocenters. The Hall–Kier alpha value is -3.71. The van der Waals surface area contributed by atoms with Crippen LogP contribution in [0, 0.1) is 22.2 Å². The second-order valence-corrected chi connectivity index (χ2v) is 8.02. The van der Waals surface area contributed by atoms with Gasteiger partial charge in [0.1, 0.15) is 11.9 Å². The fraction of sp³-hybridized carbons (Fsp3) is 0.222. The van der Waals surface area contributed by atoms with Gasteiger partial charge in [-0.3, -0.25) is 5.41 Å². The van der Waals surface area contributed by atoms with Crippen molar-refractivity contribution in [3.8, 4) is 6.07 Å². The van der Waals surface area contributed by atoms with Gasteiger partial charge in [0.2, 0.25) is 5.90 Å². The van der Waals surface area contributed by atoms with E-state index >= 15 is 0 Å². The van der Waals surface area contributed by atoms with Crippen LogP contribution in [0.25, 0.3) is 0 Å². The van der Waals surface area contributed by atoms with Crippen LogP contribution < -0.4 is 0 Å². The highest BCUT2D eigenvalue weighted by atomic mass is 16.5. The standard InChI is InChI=1S/C27H24N2O2/c1-19(30)17-23(20-11-5-2-6-12-20)27(18-28)24(21-13-7-3-8-14-21)25(31-26(27)29)22-15-9-4-10-16-22/h2-16,23-25,29H,17H2,1H3. The van der Waals surface area contributed by atoms with Crippen molar-refractivity contribution in [1.29, 1.82) is 10.7 Å². The van der Waals surface area contributed by atoms with Crippen LogP contribution >= 0.6 is 0 Å². The van der Waals surface area contributed by atoms with Crippen LogP contribution in [0.4, 0.5) is 0 Å². The maximum Gasteiger partial charge on any atom is 0.203 e. The molecule has 1 aliphatic heterocycles. The van der Waals surface area contributed by atoms with E-state index in [9.17, 15) is 10.1 Å². The number of carbonyl (C=O) groups excluding carboxylic acids is 1. The van der Waals surface area contributed by atoms with Gasteiger partial charge >= 0.3 is 0 Å². The Balaban J connectivity index is 1.95. The van der Waals surface area contributed by atoms with Gasteiger partial charge in [-0.1, -0.05) is 91.0 Å². The fourth-order valence-corrected chi connectivity index (χ4v) is 4.76. The smallest absolute Gasteiger partial charge is 0.203 e. The molecule has 0 amide bonds. The Morgan fingerprint density at radius 3 is 2.00 bits per heavy atom. The number of nitriles is 1. The predicted molar refractivity (Wildman–Crippen MR) is 120 cm³/mol. The fourth-order valence-electron chi connectivity index (χ4n) is 4.76. The number of hydrogen-bond donors (Lipinski definition) is 1. The number of benzene rings is 3. The van der Waals surface area contributed by atoms with Crippen molar-refractivity contribution in [2.45, 2.75) is 31.3 Å². The van der Waals surface area contributed by atoms with Crippen LogP contribution in [0.1, 0.15) is 48.0 Å². The van der Waals surface area contributed by atoms with Crippen molar-refractivity contribution in [2.24, 2.45) is 5.41 Å². The van der Waals surface area contributed by atoms with Crippen molar-refractivity contribution in [3.63, 3.8) is 0 Å². The second-order valence-electron chi connectivity index (χ2n) is 8.02. The molecule has 31 heavy (non-hydrogen) atoms. The van der Waals surface area contributed by atoms with Gasteiger partial charge in [0.05, 0.1) is 12.0 Å². The van der Waals surface area contributed by atoms with E-state index in [0.29, 0.717) is 0 Å². The summed E-state index contributed by atoms with van der Waals surface area (Å²) in [5.41, 5.74) is 1.38. The van der Waals surface area contributed by atoms with Crippen LogP contribution in [0.3, 0.4) is 0 Å². The first-order chi connectivity index (χ1) is 15.1. The summed E-state index contributed by atoms with van der Waals surface area (Å²) in [6.07, 6.45) is -0.331. The van der Waals surface area contributed by atoms with Crippen molar-refractivity contribution < 1.29 is 9.53 Å². The molecular weight excluding hydrogens is 384 g/mol. The Kier molecular flexibility index (Phi) is 5.68. The Bertz CT molecular complexity index is 1110. The molecule has 4 unspecified atom stereocenters. The number of carbonyl (C=O) groups is 1. The highest BCUT2D eigenvalue weighted by molar-refractivity contribution is 5.90. The predicted octanol–water partition coefficient (Wildman–Crippen LogP) is 5.79. The third-order valence-corrected chi connectivity index (χ3v) is 6.13. The van der Waals surface area contributed by atoms with Crippen molar-refractivity contribution in [2.75, 3.05) is 0 Å². The molecule has 1 aliphatic rings. The lowest BCUT2D eigenvalue weighted by atomic mass is 9.61. The highest BCUT2D eigenvalue weighted by Gasteiger charge is 2.61. The Morgan fingerprint density at radius 1 is 0.968 bits per heavy atom. The van der Waals surface area contributed by atoms with E-state index in [2.05, 4.69) is 6.07 Å². The first-order valence-electron chi connectivity index (χ1n) is 10.4. The lowest BCUT2D eigenvalue weighted by Crippen LogP contribution is -2.38. The van der Waals surface area contributed by atoms with Crippen LogP contribution in [0.15, 0.2) is 91.0 Å². The number of ether oxygens (including phenoxy) is 1. The zero-order valence-electron chi connectivity index (χ0n) is 17.4. The van der Waals surface area contributed by atoms with Crippen molar-refractivity contribution in [1.82, 2.24) is 0 Å². The SMILES string of the molecule is CC(=O)CC(c1ccccc1)C1(C#N)C(=N)OC(c2ccccc2)C1c1ccccc1. The molecule has 0 saturated carbocycles. The molecule has 0 spiro atoms. The minimum absolute atomic E-state index is 0.0220. The normalized spacial score (nSPS) is 23.5. The van der Waals surface area contributed by atoms with E-state index in [-0.39, 0.29) is 18.1 Å². The molecule has 0 aliphatic carbocycles. The van der Waals surface area contributed by atoms with Crippen LogP contribution in [0.2, 0.25) is 0 Å². The topological polar surface area (TPSA) is 73.9 Å². The van der Waals surface area contributed by atoms with Crippen LogP contribution in [0.5, 0.6) is 0 Å². The average Bonchev–Trinajstić information content (AvgIpc) is 3.12. The summed E-state index contributed by atoms with van der Waals surface area (Å²) in [7, 11) is 0. The number of rotatable bonds is 6. The molecular formula is C27H24N2O2. The maximum atomic E-state index is 12.3. The molecule has 4 nitrogen and oxygen atoms in total. The number of Topliss-reactive ketones (excluding diaryl/α,β-unsaturated/α-hetero) is 1. The summed E-state index contributed by atoms with van der Waals surface area (Å²) in [6.45, 7) is 1.53. The van der Waals surface area contributed by atoms with Gasteiger partial charge in [-0.05, 0) is 23.6 Å². The second kappa shape index (κ2) is 8.57. The lowest BCUT2D eigenvalue weighted by Gasteiger charge is -2.35. The van der Waals surface area contributed by atoms with Crippen molar-refractivity contribution >= 4 is 11.7 Å². The largest absolute Gasteiger partial charge is 0.471 e. The van der Waals surface area contributed by atoms with E-state index < -0.39 is 23.4 Å². The highest BCUT2D eigenvalue weighted by Crippen LogP contribution is 2.60. The molecule has 0 bridgehead atoms. The molecule has 1 saturated heterocycles. The molecule has 1 heterocycles. The van der Waals surface area contributed by atoms with Gasteiger partial charge in [0, 0.05) is 12.3 Å². The van der Waals surface area contributed by atoms with E-state index in [0.717, 1.165) is 16.7 Å². The minimum atomic E-state index is -1.31. The maximum absolute atomic E-state index is 12.3. The van der Waals surface area contributed by atoms with Gasteiger partial charge in [-0.2, -0.15) is 5.26 Å². The summed E-state index contributed by atoms with van der Waals surface area (Å²) in [4.78, 5) is 12.3. The quantitative estimate of drug-likeness (QED) is 0.561. The Labute approximate surface area is 182 Å². The molecule has 3 aromatic carbocycles. The zero-order chi connectivity index (χ0) is 21.8. The molecule has 1 N–H and O–H groups in total. The summed E-state index contributed by atoms with van der Waals surface area (Å²) >= 11 is 0. The first-order valence-corrected chi connectivity index (χ1v) is 10.4. The van der Waals surface area contributed by atoms with E-state index in [1.54, 1.807) is 0 Å². The number of hydrogen-bond acceptors (Lipinski definition) is 4. The third-order valence-electron chi connectivity index (χ3n) is 6.13. The molecule has 154 valence electrons. The number of ketones is 1.